The summed E-state index contributed by atoms with van der Waals surface area (Å²) >= 11 is 9.79. The van der Waals surface area contributed by atoms with E-state index in [4.69, 9.17) is 21.0 Å². The van der Waals surface area contributed by atoms with Crippen molar-refractivity contribution >= 4 is 50.5 Å². The highest BCUT2D eigenvalue weighted by Gasteiger charge is 2.12. The van der Waals surface area contributed by atoms with Gasteiger partial charge < -0.3 is 9.52 Å². The molecule has 4 aromatic carbocycles. The van der Waals surface area contributed by atoms with Gasteiger partial charge in [0.25, 0.3) is 0 Å². The minimum Gasteiger partial charge on any atom is -0.506 e. The second-order valence-corrected chi connectivity index (χ2v) is 10.4. The number of aromatic nitrogens is 1. The molecule has 4 nitrogen and oxygen atoms in total. The van der Waals surface area contributed by atoms with E-state index in [1.807, 2.05) is 66.7 Å². The molecule has 1 unspecified atom stereocenters. The molecule has 0 aliphatic rings. The number of fused-ring (bicyclic) bond motifs is 1. The van der Waals surface area contributed by atoms with Crippen LogP contribution in [0.4, 0.5) is 5.69 Å². The summed E-state index contributed by atoms with van der Waals surface area (Å²) in [6.45, 7) is 4.40. The lowest BCUT2D eigenvalue weighted by Crippen LogP contribution is -1.93. The van der Waals surface area contributed by atoms with E-state index in [0.29, 0.717) is 28.3 Å². The Bertz CT molecular complexity index is 1590. The third kappa shape index (κ3) is 5.63. The summed E-state index contributed by atoms with van der Waals surface area (Å²) in [6.07, 6.45) is 3.40. The van der Waals surface area contributed by atoms with Gasteiger partial charge in [-0.1, -0.05) is 49.7 Å². The molecule has 0 saturated carbocycles. The van der Waals surface area contributed by atoms with Gasteiger partial charge in [0.05, 0.1) is 10.2 Å². The van der Waals surface area contributed by atoms with Gasteiger partial charge in [0.1, 0.15) is 11.3 Å². The molecule has 0 bridgehead atoms. The van der Waals surface area contributed by atoms with Gasteiger partial charge in [0, 0.05) is 22.4 Å². The van der Waals surface area contributed by atoms with Gasteiger partial charge in [-0.25, -0.2) is 4.98 Å². The van der Waals surface area contributed by atoms with Crippen molar-refractivity contribution in [2.24, 2.45) is 4.99 Å². The monoisotopic (exact) mass is 572 g/mol. The first kappa shape index (κ1) is 25.2. The van der Waals surface area contributed by atoms with Crippen LogP contribution in [-0.4, -0.2) is 16.3 Å². The van der Waals surface area contributed by atoms with Crippen LogP contribution in [0.5, 0.6) is 5.75 Å². The van der Waals surface area contributed by atoms with Gasteiger partial charge >= 0.3 is 0 Å². The Morgan fingerprint density at radius 3 is 2.59 bits per heavy atom. The predicted molar refractivity (Wildman–Crippen MR) is 155 cm³/mol. The van der Waals surface area contributed by atoms with Crippen LogP contribution in [0.2, 0.25) is 5.02 Å². The van der Waals surface area contributed by atoms with E-state index in [1.54, 1.807) is 6.21 Å². The summed E-state index contributed by atoms with van der Waals surface area (Å²) in [6, 6.07) is 25.5. The Morgan fingerprint density at radius 1 is 1.05 bits per heavy atom. The van der Waals surface area contributed by atoms with Crippen molar-refractivity contribution in [2.45, 2.75) is 32.6 Å². The first-order chi connectivity index (χ1) is 17.9. The largest absolute Gasteiger partial charge is 0.506 e. The lowest BCUT2D eigenvalue weighted by molar-refractivity contribution is 0.471. The van der Waals surface area contributed by atoms with E-state index in [-0.39, 0.29) is 5.75 Å². The number of hydrogen-bond acceptors (Lipinski definition) is 4. The Kier molecular flexibility index (Phi) is 7.45. The van der Waals surface area contributed by atoms with Gasteiger partial charge in [-0.3, -0.25) is 4.99 Å². The first-order valence-corrected chi connectivity index (χ1v) is 13.4. The molecular formula is C31H26BrClN2O2. The van der Waals surface area contributed by atoms with Crippen molar-refractivity contribution in [3.8, 4) is 17.2 Å². The molecule has 6 heteroatoms. The fourth-order valence-corrected chi connectivity index (χ4v) is 4.91. The number of phenols is 1. The Hall–Kier alpha value is -3.41. The van der Waals surface area contributed by atoms with Gasteiger partial charge in [-0.05, 0) is 106 Å². The van der Waals surface area contributed by atoms with E-state index in [1.165, 1.54) is 5.56 Å². The van der Waals surface area contributed by atoms with Crippen LogP contribution in [0.3, 0.4) is 0 Å². The average Bonchev–Trinajstić information content (AvgIpc) is 3.34. The smallest absolute Gasteiger partial charge is 0.227 e. The molecule has 1 heterocycles. The van der Waals surface area contributed by atoms with Crippen LogP contribution < -0.4 is 0 Å². The number of oxazole rings is 1. The van der Waals surface area contributed by atoms with Crippen LogP contribution in [-0.2, 0) is 6.42 Å². The number of rotatable bonds is 7. The van der Waals surface area contributed by atoms with E-state index in [2.05, 4.69) is 46.9 Å². The number of hydrogen-bond donors (Lipinski definition) is 1. The van der Waals surface area contributed by atoms with Crippen LogP contribution in [0.25, 0.3) is 22.6 Å². The molecule has 0 saturated heterocycles. The zero-order valence-corrected chi connectivity index (χ0v) is 22.9. The van der Waals surface area contributed by atoms with Crippen molar-refractivity contribution in [1.29, 1.82) is 0 Å². The first-order valence-electron chi connectivity index (χ1n) is 12.2. The molecule has 0 aliphatic heterocycles. The highest BCUT2D eigenvalue weighted by molar-refractivity contribution is 9.10. The van der Waals surface area contributed by atoms with E-state index in [0.717, 1.165) is 44.9 Å². The lowest BCUT2D eigenvalue weighted by Gasteiger charge is -2.09. The van der Waals surface area contributed by atoms with E-state index in [9.17, 15) is 5.11 Å². The van der Waals surface area contributed by atoms with Gasteiger partial charge in [0.2, 0.25) is 5.89 Å². The van der Waals surface area contributed by atoms with Gasteiger partial charge in [-0.2, -0.15) is 0 Å². The highest BCUT2D eigenvalue weighted by atomic mass is 79.9. The lowest BCUT2D eigenvalue weighted by atomic mass is 9.98. The summed E-state index contributed by atoms with van der Waals surface area (Å²) in [7, 11) is 0. The molecule has 1 aromatic heterocycles. The number of phenolic OH excluding ortho intramolecular Hbond substituents is 1. The standard InChI is InChI=1S/C31H26BrClN2O2/c1-3-19(2)22-10-13-29-28(17-22)35-31(37-29)21-8-11-25(12-9-21)34-18-24-15-20(16-26(32)30(24)36)14-23-6-4-5-7-27(23)33/h4-13,15-19,36H,3,14H2,1-2H3. The minimum absolute atomic E-state index is 0.145. The molecule has 37 heavy (non-hydrogen) atoms. The molecule has 5 rings (SSSR count). The summed E-state index contributed by atoms with van der Waals surface area (Å²) in [4.78, 5) is 9.28. The van der Waals surface area contributed by atoms with Gasteiger partial charge in [0.15, 0.2) is 5.58 Å². The predicted octanol–water partition coefficient (Wildman–Crippen LogP) is 9.47. The van der Waals surface area contributed by atoms with E-state index < -0.39 is 0 Å². The number of aliphatic imine (C=N–C) groups is 1. The highest BCUT2D eigenvalue weighted by Crippen LogP contribution is 2.32. The van der Waals surface area contributed by atoms with Crippen LogP contribution in [0.1, 0.15) is 48.4 Å². The summed E-state index contributed by atoms with van der Waals surface area (Å²) in [5.74, 6) is 1.21. The number of benzene rings is 4. The maximum Gasteiger partial charge on any atom is 0.227 e. The normalized spacial score (nSPS) is 12.4. The summed E-state index contributed by atoms with van der Waals surface area (Å²) in [5, 5.41) is 11.3. The molecule has 0 radical (unpaired) electrons. The zero-order valence-electron chi connectivity index (χ0n) is 20.6. The Labute approximate surface area is 229 Å². The maximum atomic E-state index is 10.6. The van der Waals surface area contributed by atoms with Crippen molar-refractivity contribution in [3.05, 3.63) is 111 Å². The molecule has 186 valence electrons. The van der Waals surface area contributed by atoms with Crippen molar-refractivity contribution in [2.75, 3.05) is 0 Å². The number of aromatic hydroxyl groups is 1. The van der Waals surface area contributed by atoms with Gasteiger partial charge in [-0.15, -0.1) is 0 Å². The minimum atomic E-state index is 0.145. The van der Waals surface area contributed by atoms with Crippen LogP contribution in [0.15, 0.2) is 92.7 Å². The second-order valence-electron chi connectivity index (χ2n) is 9.14. The molecule has 0 fully saturated rings. The fourth-order valence-electron chi connectivity index (χ4n) is 4.19. The van der Waals surface area contributed by atoms with Crippen LogP contribution >= 0.6 is 27.5 Å². The quantitative estimate of drug-likeness (QED) is 0.197. The Balaban J connectivity index is 1.36. The van der Waals surface area contributed by atoms with Crippen molar-refractivity contribution in [3.63, 3.8) is 0 Å². The number of halogens is 2. The summed E-state index contributed by atoms with van der Waals surface area (Å²) < 4.78 is 6.61. The average molecular weight is 574 g/mol. The molecule has 0 amide bonds. The zero-order chi connectivity index (χ0) is 25.9. The van der Waals surface area contributed by atoms with E-state index >= 15 is 0 Å². The third-order valence-electron chi connectivity index (χ3n) is 6.57. The fraction of sp³-hybridized carbons (Fsp3) is 0.161. The topological polar surface area (TPSA) is 58.6 Å². The van der Waals surface area contributed by atoms with Crippen LogP contribution in [0, 0.1) is 0 Å². The SMILES string of the molecule is CCC(C)c1ccc2oc(-c3ccc(N=Cc4cc(Cc5ccccc5Cl)cc(Br)c4O)cc3)nc2c1. The molecular weight excluding hydrogens is 548 g/mol. The maximum absolute atomic E-state index is 10.6. The Morgan fingerprint density at radius 2 is 1.84 bits per heavy atom. The molecule has 1 atom stereocenters. The molecule has 5 aromatic rings. The molecule has 0 spiro atoms. The van der Waals surface area contributed by atoms with Crippen molar-refractivity contribution < 1.29 is 9.52 Å². The molecule has 0 aliphatic carbocycles. The molecule has 1 N–H and O–H groups in total. The van der Waals surface area contributed by atoms with Crippen molar-refractivity contribution in [1.82, 2.24) is 4.98 Å². The number of nitrogens with zero attached hydrogens (tertiary/aromatic N) is 2. The summed E-state index contributed by atoms with van der Waals surface area (Å²) in [5.41, 5.74) is 7.22. The second kappa shape index (κ2) is 10.9. The third-order valence-corrected chi connectivity index (χ3v) is 7.54.